The standard InChI is InChI=1S/C17H23N3O5/c1-3-25-17(24)20-8-6-12(7-9-20)18-15(22)16(23)19-13-5-4-11(2)10-14(13)21/h4-5,10,12,21H,3,6-9H2,1-2H3,(H,18,22)(H,19,23). The maximum Gasteiger partial charge on any atom is 0.409 e. The number of rotatable bonds is 3. The van der Waals surface area contributed by atoms with E-state index in [2.05, 4.69) is 10.6 Å². The molecule has 1 aromatic rings. The Morgan fingerprint density at radius 2 is 1.92 bits per heavy atom. The van der Waals surface area contributed by atoms with E-state index in [0.717, 1.165) is 5.56 Å². The van der Waals surface area contributed by atoms with Crippen molar-refractivity contribution >= 4 is 23.6 Å². The minimum Gasteiger partial charge on any atom is -0.506 e. The molecular weight excluding hydrogens is 326 g/mol. The molecule has 0 bridgehead atoms. The first kappa shape index (κ1) is 18.6. The van der Waals surface area contributed by atoms with Gasteiger partial charge in [0.15, 0.2) is 0 Å². The molecule has 136 valence electrons. The molecule has 1 fully saturated rings. The second-order valence-corrected chi connectivity index (χ2v) is 5.91. The molecule has 0 aromatic heterocycles. The fourth-order valence-electron chi connectivity index (χ4n) is 2.60. The molecule has 3 amide bonds. The molecule has 0 radical (unpaired) electrons. The zero-order valence-electron chi connectivity index (χ0n) is 14.4. The van der Waals surface area contributed by atoms with Crippen LogP contribution in [-0.4, -0.2) is 53.7 Å². The van der Waals surface area contributed by atoms with Crippen LogP contribution in [0.3, 0.4) is 0 Å². The molecule has 8 nitrogen and oxygen atoms in total. The van der Waals surface area contributed by atoms with E-state index >= 15 is 0 Å². The number of nitrogens with one attached hydrogen (secondary N) is 2. The molecule has 1 aromatic carbocycles. The van der Waals surface area contributed by atoms with Crippen molar-refractivity contribution in [2.45, 2.75) is 32.7 Å². The molecule has 25 heavy (non-hydrogen) atoms. The van der Waals surface area contributed by atoms with Crippen molar-refractivity contribution in [3.63, 3.8) is 0 Å². The third-order valence-corrected chi connectivity index (χ3v) is 3.96. The van der Waals surface area contributed by atoms with Crippen molar-refractivity contribution in [1.29, 1.82) is 0 Å². The maximum absolute atomic E-state index is 12.0. The summed E-state index contributed by atoms with van der Waals surface area (Å²) in [5.74, 6) is -1.70. The quantitative estimate of drug-likeness (QED) is 0.564. The lowest BCUT2D eigenvalue weighted by Gasteiger charge is -2.31. The van der Waals surface area contributed by atoms with Gasteiger partial charge < -0.3 is 25.4 Å². The minimum atomic E-state index is -0.841. The van der Waals surface area contributed by atoms with E-state index in [9.17, 15) is 19.5 Å². The van der Waals surface area contributed by atoms with Crippen LogP contribution in [0, 0.1) is 6.92 Å². The number of hydrogen-bond donors (Lipinski definition) is 3. The lowest BCUT2D eigenvalue weighted by molar-refractivity contribution is -0.136. The van der Waals surface area contributed by atoms with E-state index in [0.29, 0.717) is 32.5 Å². The van der Waals surface area contributed by atoms with Crippen molar-refractivity contribution < 1.29 is 24.2 Å². The summed E-state index contributed by atoms with van der Waals surface area (Å²) in [6, 6.07) is 4.57. The molecule has 1 aliphatic heterocycles. The van der Waals surface area contributed by atoms with Gasteiger partial charge in [0, 0.05) is 19.1 Å². The van der Waals surface area contributed by atoms with Crippen LogP contribution < -0.4 is 10.6 Å². The highest BCUT2D eigenvalue weighted by Crippen LogP contribution is 2.23. The zero-order valence-corrected chi connectivity index (χ0v) is 14.4. The largest absolute Gasteiger partial charge is 0.506 e. The van der Waals surface area contributed by atoms with Crippen LogP contribution in [0.2, 0.25) is 0 Å². The number of carbonyl (C=O) groups excluding carboxylic acids is 3. The Morgan fingerprint density at radius 1 is 1.24 bits per heavy atom. The first-order valence-electron chi connectivity index (χ1n) is 8.24. The van der Waals surface area contributed by atoms with Gasteiger partial charge in [-0.2, -0.15) is 0 Å². The Bertz CT molecular complexity index is 654. The highest BCUT2D eigenvalue weighted by atomic mass is 16.6. The number of anilines is 1. The summed E-state index contributed by atoms with van der Waals surface area (Å²) in [6.45, 7) is 4.80. The summed E-state index contributed by atoms with van der Waals surface area (Å²) in [5.41, 5.74) is 1.02. The van der Waals surface area contributed by atoms with Crippen LogP contribution in [0.25, 0.3) is 0 Å². The lowest BCUT2D eigenvalue weighted by Crippen LogP contribution is -2.49. The predicted molar refractivity (Wildman–Crippen MR) is 91.2 cm³/mol. The molecule has 0 aliphatic carbocycles. The fourth-order valence-corrected chi connectivity index (χ4v) is 2.60. The molecular formula is C17H23N3O5. The van der Waals surface area contributed by atoms with Gasteiger partial charge in [-0.05, 0) is 44.4 Å². The summed E-state index contributed by atoms with van der Waals surface area (Å²) in [6.07, 6.45) is 0.737. The van der Waals surface area contributed by atoms with Gasteiger partial charge in [0.05, 0.1) is 12.3 Å². The topological polar surface area (TPSA) is 108 Å². The lowest BCUT2D eigenvalue weighted by atomic mass is 10.1. The molecule has 3 N–H and O–H groups in total. The van der Waals surface area contributed by atoms with E-state index in [1.807, 2.05) is 0 Å². The smallest absolute Gasteiger partial charge is 0.409 e. The third kappa shape index (κ3) is 5.10. The number of ether oxygens (including phenoxy) is 1. The van der Waals surface area contributed by atoms with Gasteiger partial charge in [-0.1, -0.05) is 6.07 Å². The summed E-state index contributed by atoms with van der Waals surface area (Å²) in [5, 5.41) is 14.8. The monoisotopic (exact) mass is 349 g/mol. The average molecular weight is 349 g/mol. The Labute approximate surface area is 146 Å². The first-order valence-corrected chi connectivity index (χ1v) is 8.24. The van der Waals surface area contributed by atoms with E-state index < -0.39 is 11.8 Å². The molecule has 1 saturated heterocycles. The Balaban J connectivity index is 1.82. The van der Waals surface area contributed by atoms with Gasteiger partial charge in [-0.15, -0.1) is 0 Å². The number of likely N-dealkylation sites (tertiary alicyclic amines) is 1. The van der Waals surface area contributed by atoms with Crippen LogP contribution in [0.15, 0.2) is 18.2 Å². The molecule has 0 saturated carbocycles. The molecule has 1 heterocycles. The number of hydrogen-bond acceptors (Lipinski definition) is 5. The highest BCUT2D eigenvalue weighted by molar-refractivity contribution is 6.39. The van der Waals surface area contributed by atoms with Gasteiger partial charge in [0.2, 0.25) is 0 Å². The number of aromatic hydroxyl groups is 1. The molecule has 2 rings (SSSR count). The molecule has 1 aliphatic rings. The Morgan fingerprint density at radius 3 is 2.52 bits per heavy atom. The van der Waals surface area contributed by atoms with Gasteiger partial charge >= 0.3 is 17.9 Å². The predicted octanol–water partition coefficient (Wildman–Crippen LogP) is 1.38. The number of piperidine rings is 1. The van der Waals surface area contributed by atoms with E-state index in [-0.39, 0.29) is 23.6 Å². The van der Waals surface area contributed by atoms with Gasteiger partial charge in [0.25, 0.3) is 0 Å². The molecule has 0 unspecified atom stereocenters. The maximum atomic E-state index is 12.0. The average Bonchev–Trinajstić information content (AvgIpc) is 2.58. The van der Waals surface area contributed by atoms with Crippen LogP contribution >= 0.6 is 0 Å². The van der Waals surface area contributed by atoms with Crippen molar-refractivity contribution in [1.82, 2.24) is 10.2 Å². The SMILES string of the molecule is CCOC(=O)N1CCC(NC(=O)C(=O)Nc2ccc(C)cc2O)CC1. The second kappa shape index (κ2) is 8.36. The number of phenolic OH excluding ortho intramolecular Hbond substituents is 1. The van der Waals surface area contributed by atoms with Crippen molar-refractivity contribution in [2.24, 2.45) is 0 Å². The summed E-state index contributed by atoms with van der Waals surface area (Å²) in [4.78, 5) is 37.2. The van der Waals surface area contributed by atoms with Crippen LogP contribution in [0.1, 0.15) is 25.3 Å². The molecule has 0 atom stereocenters. The van der Waals surface area contributed by atoms with E-state index in [4.69, 9.17) is 4.74 Å². The van der Waals surface area contributed by atoms with Crippen molar-refractivity contribution in [3.8, 4) is 5.75 Å². The summed E-state index contributed by atoms with van der Waals surface area (Å²) in [7, 11) is 0. The van der Waals surface area contributed by atoms with Crippen molar-refractivity contribution in [2.75, 3.05) is 25.0 Å². The molecule has 0 spiro atoms. The fraction of sp³-hybridized carbons (Fsp3) is 0.471. The van der Waals surface area contributed by atoms with E-state index in [1.165, 1.54) is 12.1 Å². The molecule has 8 heteroatoms. The minimum absolute atomic E-state index is 0.0936. The highest BCUT2D eigenvalue weighted by Gasteiger charge is 2.26. The third-order valence-electron chi connectivity index (χ3n) is 3.96. The number of amides is 3. The number of phenols is 1. The van der Waals surface area contributed by atoms with Gasteiger partial charge in [-0.25, -0.2) is 4.79 Å². The van der Waals surface area contributed by atoms with Crippen LogP contribution in [0.5, 0.6) is 5.75 Å². The van der Waals surface area contributed by atoms with Gasteiger partial charge in [0.1, 0.15) is 5.75 Å². The number of benzene rings is 1. The number of nitrogens with zero attached hydrogens (tertiary/aromatic N) is 1. The normalized spacial score (nSPS) is 14.7. The zero-order chi connectivity index (χ0) is 18.4. The number of aryl methyl sites for hydroxylation is 1. The Hall–Kier alpha value is -2.77. The van der Waals surface area contributed by atoms with E-state index in [1.54, 1.807) is 24.8 Å². The van der Waals surface area contributed by atoms with Crippen LogP contribution in [0.4, 0.5) is 10.5 Å². The first-order chi connectivity index (χ1) is 11.9. The second-order valence-electron chi connectivity index (χ2n) is 5.91. The van der Waals surface area contributed by atoms with Crippen LogP contribution in [-0.2, 0) is 14.3 Å². The van der Waals surface area contributed by atoms with Gasteiger partial charge in [-0.3, -0.25) is 9.59 Å². The Kier molecular flexibility index (Phi) is 6.21. The number of carbonyl (C=O) groups is 3. The van der Waals surface area contributed by atoms with Crippen molar-refractivity contribution in [3.05, 3.63) is 23.8 Å². The summed E-state index contributed by atoms with van der Waals surface area (Å²) >= 11 is 0. The summed E-state index contributed by atoms with van der Waals surface area (Å²) < 4.78 is 4.93.